The molecule has 2 aliphatic rings. The standard InChI is InChI=1S/C8H11NO/c9-4-7-5-1-2-6(3-5)8(7)10/h5-8,10H,1-3H2/t5-,6+,7+,8-/m1/s1. The predicted octanol–water partition coefficient (Wildman–Crippen LogP) is 0.917. The Labute approximate surface area is 60.5 Å². The number of nitrogens with zero attached hydrogens (tertiary/aromatic N) is 1. The smallest absolute Gasteiger partial charge is 0.0753 e. The third-order valence-electron chi connectivity index (χ3n) is 3.02. The molecule has 0 heterocycles. The van der Waals surface area contributed by atoms with Gasteiger partial charge < -0.3 is 5.11 Å². The van der Waals surface area contributed by atoms with Crippen LogP contribution in [-0.4, -0.2) is 11.2 Å². The van der Waals surface area contributed by atoms with Crippen molar-refractivity contribution < 1.29 is 5.11 Å². The molecule has 0 aliphatic heterocycles. The maximum absolute atomic E-state index is 9.46. The zero-order valence-electron chi connectivity index (χ0n) is 5.83. The number of hydrogen-bond donors (Lipinski definition) is 1. The van der Waals surface area contributed by atoms with Gasteiger partial charge in [0.25, 0.3) is 0 Å². The maximum Gasteiger partial charge on any atom is 0.0753 e. The second kappa shape index (κ2) is 1.96. The summed E-state index contributed by atoms with van der Waals surface area (Å²) in [6, 6.07) is 2.20. The lowest BCUT2D eigenvalue weighted by atomic mass is 9.88. The van der Waals surface area contributed by atoms with Crippen molar-refractivity contribution in [2.24, 2.45) is 17.8 Å². The van der Waals surface area contributed by atoms with Gasteiger partial charge in [-0.2, -0.15) is 5.26 Å². The van der Waals surface area contributed by atoms with E-state index in [1.807, 2.05) is 0 Å². The van der Waals surface area contributed by atoms with E-state index in [2.05, 4.69) is 6.07 Å². The van der Waals surface area contributed by atoms with Crippen LogP contribution >= 0.6 is 0 Å². The summed E-state index contributed by atoms with van der Waals surface area (Å²) in [7, 11) is 0. The lowest BCUT2D eigenvalue weighted by molar-refractivity contribution is 0.0832. The molecule has 2 aliphatic carbocycles. The third-order valence-corrected chi connectivity index (χ3v) is 3.02. The highest BCUT2D eigenvalue weighted by Crippen LogP contribution is 2.47. The van der Waals surface area contributed by atoms with Crippen LogP contribution in [0.4, 0.5) is 0 Å². The second-order valence-electron chi connectivity index (χ2n) is 3.48. The van der Waals surface area contributed by atoms with Crippen molar-refractivity contribution in [3.8, 4) is 6.07 Å². The first kappa shape index (κ1) is 6.18. The average molecular weight is 137 g/mol. The van der Waals surface area contributed by atoms with Crippen molar-refractivity contribution in [1.29, 1.82) is 5.26 Å². The van der Waals surface area contributed by atoms with Crippen LogP contribution in [0.25, 0.3) is 0 Å². The topological polar surface area (TPSA) is 44.0 Å². The minimum absolute atomic E-state index is 0.0428. The monoisotopic (exact) mass is 137 g/mol. The minimum atomic E-state index is -0.302. The van der Waals surface area contributed by atoms with Crippen molar-refractivity contribution >= 4 is 0 Å². The summed E-state index contributed by atoms with van der Waals surface area (Å²) in [6.45, 7) is 0. The quantitative estimate of drug-likeness (QED) is 0.539. The van der Waals surface area contributed by atoms with Crippen molar-refractivity contribution in [3.63, 3.8) is 0 Å². The Hall–Kier alpha value is -0.550. The van der Waals surface area contributed by atoms with Gasteiger partial charge in [-0.3, -0.25) is 0 Å². The molecule has 4 atom stereocenters. The predicted molar refractivity (Wildman–Crippen MR) is 35.9 cm³/mol. The lowest BCUT2D eigenvalue weighted by Gasteiger charge is -2.20. The molecule has 2 nitrogen and oxygen atoms in total. The van der Waals surface area contributed by atoms with Gasteiger partial charge >= 0.3 is 0 Å². The van der Waals surface area contributed by atoms with E-state index in [4.69, 9.17) is 5.26 Å². The first-order valence-corrected chi connectivity index (χ1v) is 3.90. The van der Waals surface area contributed by atoms with E-state index in [1.54, 1.807) is 0 Å². The Morgan fingerprint density at radius 3 is 2.40 bits per heavy atom. The molecule has 0 unspecified atom stereocenters. The van der Waals surface area contributed by atoms with Gasteiger partial charge in [0.15, 0.2) is 0 Å². The molecule has 0 radical (unpaired) electrons. The highest BCUT2D eigenvalue weighted by atomic mass is 16.3. The van der Waals surface area contributed by atoms with Gasteiger partial charge in [-0.25, -0.2) is 0 Å². The molecule has 2 saturated carbocycles. The number of fused-ring (bicyclic) bond motifs is 2. The van der Waals surface area contributed by atoms with Gasteiger partial charge in [-0.1, -0.05) is 0 Å². The van der Waals surface area contributed by atoms with E-state index >= 15 is 0 Å². The van der Waals surface area contributed by atoms with Crippen LogP contribution in [0, 0.1) is 29.1 Å². The molecular formula is C8H11NO. The number of aliphatic hydroxyl groups is 1. The largest absolute Gasteiger partial charge is 0.391 e. The van der Waals surface area contributed by atoms with E-state index in [9.17, 15) is 5.11 Å². The normalized spacial score (nSPS) is 51.2. The highest BCUT2D eigenvalue weighted by Gasteiger charge is 2.46. The molecule has 10 heavy (non-hydrogen) atoms. The van der Waals surface area contributed by atoms with Crippen LogP contribution in [0.2, 0.25) is 0 Å². The fraction of sp³-hybridized carbons (Fsp3) is 0.875. The molecule has 0 amide bonds. The summed E-state index contributed by atoms with van der Waals surface area (Å²) in [5.41, 5.74) is 0. The summed E-state index contributed by atoms with van der Waals surface area (Å²) in [5.74, 6) is 0.929. The van der Waals surface area contributed by atoms with Gasteiger partial charge in [0.1, 0.15) is 0 Å². The Morgan fingerprint density at radius 1 is 1.30 bits per heavy atom. The Morgan fingerprint density at radius 2 is 2.00 bits per heavy atom. The Kier molecular flexibility index (Phi) is 1.21. The van der Waals surface area contributed by atoms with Gasteiger partial charge in [0.2, 0.25) is 0 Å². The van der Waals surface area contributed by atoms with Crippen molar-refractivity contribution in [1.82, 2.24) is 0 Å². The van der Waals surface area contributed by atoms with Crippen molar-refractivity contribution in [2.45, 2.75) is 25.4 Å². The molecule has 0 aromatic carbocycles. The third kappa shape index (κ3) is 0.615. The number of nitriles is 1. The molecule has 0 spiro atoms. The molecule has 2 rings (SSSR count). The summed E-state index contributed by atoms with van der Waals surface area (Å²) in [5, 5.41) is 18.1. The number of hydrogen-bond acceptors (Lipinski definition) is 2. The molecule has 0 aromatic rings. The molecule has 0 aromatic heterocycles. The number of aliphatic hydroxyl groups excluding tert-OH is 1. The zero-order valence-corrected chi connectivity index (χ0v) is 5.83. The van der Waals surface area contributed by atoms with Gasteiger partial charge in [0.05, 0.1) is 18.1 Å². The van der Waals surface area contributed by atoms with Crippen LogP contribution in [0.1, 0.15) is 19.3 Å². The first-order chi connectivity index (χ1) is 4.83. The lowest BCUT2D eigenvalue weighted by Crippen LogP contribution is -2.25. The summed E-state index contributed by atoms with van der Waals surface area (Å²) >= 11 is 0. The van der Waals surface area contributed by atoms with Crippen molar-refractivity contribution in [2.75, 3.05) is 0 Å². The fourth-order valence-corrected chi connectivity index (χ4v) is 2.44. The molecule has 2 fully saturated rings. The minimum Gasteiger partial charge on any atom is -0.391 e. The molecular weight excluding hydrogens is 126 g/mol. The SMILES string of the molecule is N#C[C@H]1[C@@H]2CC[C@@H](C2)[C@H]1O. The van der Waals surface area contributed by atoms with Crippen LogP contribution in [0.15, 0.2) is 0 Å². The first-order valence-electron chi connectivity index (χ1n) is 3.90. The molecule has 2 bridgehead atoms. The second-order valence-corrected chi connectivity index (χ2v) is 3.48. The molecule has 2 heteroatoms. The van der Waals surface area contributed by atoms with Gasteiger partial charge in [-0.15, -0.1) is 0 Å². The zero-order chi connectivity index (χ0) is 7.14. The average Bonchev–Trinajstić information content (AvgIpc) is 2.46. The fourth-order valence-electron chi connectivity index (χ4n) is 2.44. The molecule has 0 saturated heterocycles. The summed E-state index contributed by atoms with van der Waals surface area (Å²) < 4.78 is 0. The van der Waals surface area contributed by atoms with Gasteiger partial charge in [-0.05, 0) is 31.1 Å². The molecule has 54 valence electrons. The number of rotatable bonds is 0. The van der Waals surface area contributed by atoms with E-state index < -0.39 is 0 Å². The van der Waals surface area contributed by atoms with E-state index in [0.717, 1.165) is 12.8 Å². The molecule has 1 N–H and O–H groups in total. The summed E-state index contributed by atoms with van der Waals surface area (Å²) in [6.07, 6.45) is 3.10. The van der Waals surface area contributed by atoms with Crippen molar-refractivity contribution in [3.05, 3.63) is 0 Å². The van der Waals surface area contributed by atoms with E-state index in [-0.39, 0.29) is 12.0 Å². The van der Waals surface area contributed by atoms with Crippen LogP contribution in [-0.2, 0) is 0 Å². The summed E-state index contributed by atoms with van der Waals surface area (Å²) in [4.78, 5) is 0. The van der Waals surface area contributed by atoms with Crippen LogP contribution < -0.4 is 0 Å². The van der Waals surface area contributed by atoms with Gasteiger partial charge in [0, 0.05) is 0 Å². The van der Waals surface area contributed by atoms with Crippen LogP contribution in [0.3, 0.4) is 0 Å². The Bertz CT molecular complexity index is 182. The highest BCUT2D eigenvalue weighted by molar-refractivity contribution is 5.05. The van der Waals surface area contributed by atoms with E-state index in [1.165, 1.54) is 6.42 Å². The maximum atomic E-state index is 9.46. The Balaban J connectivity index is 2.19. The van der Waals surface area contributed by atoms with E-state index in [0.29, 0.717) is 11.8 Å². The van der Waals surface area contributed by atoms with Crippen LogP contribution in [0.5, 0.6) is 0 Å².